The third kappa shape index (κ3) is 0.831. The quantitative estimate of drug-likeness (QED) is 0.457. The van der Waals surface area contributed by atoms with Gasteiger partial charge in [-0.15, -0.1) is 0 Å². The number of rotatable bonds is 0. The summed E-state index contributed by atoms with van der Waals surface area (Å²) >= 11 is 0. The SMILES string of the molecule is CC(C)(C)C1NC1=O. The lowest BCUT2D eigenvalue weighted by Crippen LogP contribution is -2.16. The van der Waals surface area contributed by atoms with Crippen molar-refractivity contribution in [3.8, 4) is 0 Å². The molecule has 0 aromatic rings. The normalized spacial score (nSPS) is 27.4. The molecule has 1 rings (SSSR count). The van der Waals surface area contributed by atoms with E-state index in [0.717, 1.165) is 0 Å². The number of carbonyl (C=O) groups excluding carboxylic acids is 1. The summed E-state index contributed by atoms with van der Waals surface area (Å²) in [6, 6.07) is 0.127. The molecule has 8 heavy (non-hydrogen) atoms. The van der Waals surface area contributed by atoms with Crippen molar-refractivity contribution in [1.29, 1.82) is 0 Å². The number of hydrogen-bond acceptors (Lipinski definition) is 1. The molecular formula is C6H11NO. The summed E-state index contributed by atoms with van der Waals surface area (Å²) in [6.45, 7) is 6.15. The first-order valence-corrected chi connectivity index (χ1v) is 2.82. The molecule has 1 aliphatic rings. The van der Waals surface area contributed by atoms with Crippen LogP contribution in [-0.2, 0) is 4.79 Å². The summed E-state index contributed by atoms with van der Waals surface area (Å²) in [6.07, 6.45) is 0. The fourth-order valence-electron chi connectivity index (χ4n) is 0.710. The highest BCUT2D eigenvalue weighted by Crippen LogP contribution is 2.25. The molecule has 2 heteroatoms. The summed E-state index contributed by atoms with van der Waals surface area (Å²) in [5.41, 5.74) is 0.122. The Morgan fingerprint density at radius 3 is 1.88 bits per heavy atom. The van der Waals surface area contributed by atoms with E-state index in [1.807, 2.05) is 0 Å². The molecule has 1 heterocycles. The van der Waals surface area contributed by atoms with Gasteiger partial charge in [-0.3, -0.25) is 4.79 Å². The molecule has 1 aliphatic heterocycles. The monoisotopic (exact) mass is 113 g/mol. The largest absolute Gasteiger partial charge is 0.342 e. The van der Waals surface area contributed by atoms with Gasteiger partial charge in [0.2, 0.25) is 5.91 Å². The summed E-state index contributed by atoms with van der Waals surface area (Å²) < 4.78 is 0. The zero-order valence-electron chi connectivity index (χ0n) is 5.49. The molecule has 0 aliphatic carbocycles. The van der Waals surface area contributed by atoms with E-state index in [9.17, 15) is 4.79 Å². The minimum absolute atomic E-state index is 0.122. The molecule has 0 spiro atoms. The van der Waals surface area contributed by atoms with Gasteiger partial charge in [0.1, 0.15) is 6.04 Å². The average Bonchev–Trinajstić information content (AvgIpc) is 2.13. The molecule has 0 radical (unpaired) electrons. The molecule has 0 aromatic heterocycles. The van der Waals surface area contributed by atoms with Crippen LogP contribution in [0.2, 0.25) is 0 Å². The van der Waals surface area contributed by atoms with Gasteiger partial charge in [0.15, 0.2) is 0 Å². The summed E-state index contributed by atoms with van der Waals surface area (Å²) in [5, 5.41) is 2.73. The third-order valence-corrected chi connectivity index (χ3v) is 1.33. The maximum absolute atomic E-state index is 10.4. The van der Waals surface area contributed by atoms with Crippen molar-refractivity contribution in [1.82, 2.24) is 5.32 Å². The van der Waals surface area contributed by atoms with Crippen LogP contribution in [0.25, 0.3) is 0 Å². The fourth-order valence-corrected chi connectivity index (χ4v) is 0.710. The van der Waals surface area contributed by atoms with Crippen LogP contribution in [0, 0.1) is 5.41 Å². The molecule has 1 unspecified atom stereocenters. The molecule has 0 bridgehead atoms. The van der Waals surface area contributed by atoms with Crippen molar-refractivity contribution < 1.29 is 4.79 Å². The van der Waals surface area contributed by atoms with Gasteiger partial charge in [0.25, 0.3) is 0 Å². The van der Waals surface area contributed by atoms with E-state index in [-0.39, 0.29) is 17.4 Å². The topological polar surface area (TPSA) is 39.0 Å². The second-order valence-electron chi connectivity index (χ2n) is 3.31. The highest BCUT2D eigenvalue weighted by atomic mass is 16.2. The minimum atomic E-state index is 0.122. The van der Waals surface area contributed by atoms with Crippen molar-refractivity contribution in [2.75, 3.05) is 0 Å². The van der Waals surface area contributed by atoms with Crippen LogP contribution in [0.3, 0.4) is 0 Å². The Balaban J connectivity index is 2.51. The van der Waals surface area contributed by atoms with Crippen molar-refractivity contribution >= 4 is 5.91 Å². The minimum Gasteiger partial charge on any atom is -0.342 e. The van der Waals surface area contributed by atoms with E-state index < -0.39 is 0 Å². The van der Waals surface area contributed by atoms with Crippen LogP contribution in [-0.4, -0.2) is 11.9 Å². The molecule has 1 atom stereocenters. The lowest BCUT2D eigenvalue weighted by molar-refractivity contribution is -0.111. The van der Waals surface area contributed by atoms with Crippen LogP contribution in [0.15, 0.2) is 0 Å². The Morgan fingerprint density at radius 2 is 1.88 bits per heavy atom. The van der Waals surface area contributed by atoms with Crippen LogP contribution >= 0.6 is 0 Å². The number of carbonyl (C=O) groups is 1. The zero-order valence-corrected chi connectivity index (χ0v) is 5.49. The Labute approximate surface area is 49.3 Å². The van der Waals surface area contributed by atoms with E-state index in [2.05, 4.69) is 26.1 Å². The Kier molecular flexibility index (Phi) is 0.872. The van der Waals surface area contributed by atoms with E-state index >= 15 is 0 Å². The Hall–Kier alpha value is -0.530. The van der Waals surface area contributed by atoms with Gasteiger partial charge in [-0.25, -0.2) is 0 Å². The first-order valence-electron chi connectivity index (χ1n) is 2.82. The van der Waals surface area contributed by atoms with Gasteiger partial charge >= 0.3 is 0 Å². The standard InChI is InChI=1S/C6H11NO/c1-6(2,3)4-5(8)7-4/h4H,1-3H3,(H,7,8). The van der Waals surface area contributed by atoms with Gasteiger partial charge < -0.3 is 5.32 Å². The Bertz CT molecular complexity index is 123. The number of amides is 1. The lowest BCUT2D eigenvalue weighted by atomic mass is 9.92. The first-order chi connectivity index (χ1) is 3.52. The second-order valence-corrected chi connectivity index (χ2v) is 3.31. The van der Waals surface area contributed by atoms with E-state index in [1.54, 1.807) is 0 Å². The molecular weight excluding hydrogens is 102 g/mol. The first kappa shape index (κ1) is 5.60. The van der Waals surface area contributed by atoms with Crippen LogP contribution in [0.5, 0.6) is 0 Å². The van der Waals surface area contributed by atoms with Crippen LogP contribution in [0.4, 0.5) is 0 Å². The van der Waals surface area contributed by atoms with Crippen molar-refractivity contribution in [2.24, 2.45) is 5.41 Å². The average molecular weight is 113 g/mol. The van der Waals surface area contributed by atoms with Gasteiger partial charge in [0.05, 0.1) is 0 Å². The molecule has 0 aromatic carbocycles. The number of nitrogens with one attached hydrogen (secondary N) is 1. The molecule has 0 saturated carbocycles. The van der Waals surface area contributed by atoms with Gasteiger partial charge in [0, 0.05) is 0 Å². The molecule has 1 saturated heterocycles. The highest BCUT2D eigenvalue weighted by Gasteiger charge is 2.43. The Morgan fingerprint density at radius 1 is 1.50 bits per heavy atom. The lowest BCUT2D eigenvalue weighted by Gasteiger charge is -2.11. The third-order valence-electron chi connectivity index (χ3n) is 1.33. The summed E-state index contributed by atoms with van der Waals surface area (Å²) in [7, 11) is 0. The van der Waals surface area contributed by atoms with Crippen molar-refractivity contribution in [2.45, 2.75) is 26.8 Å². The predicted molar refractivity (Wildman–Crippen MR) is 31.4 cm³/mol. The van der Waals surface area contributed by atoms with E-state index in [0.29, 0.717) is 0 Å². The smallest absolute Gasteiger partial charge is 0.243 e. The molecule has 46 valence electrons. The maximum Gasteiger partial charge on any atom is 0.243 e. The van der Waals surface area contributed by atoms with Gasteiger partial charge in [-0.2, -0.15) is 0 Å². The second kappa shape index (κ2) is 1.24. The van der Waals surface area contributed by atoms with Crippen molar-refractivity contribution in [3.05, 3.63) is 0 Å². The summed E-state index contributed by atoms with van der Waals surface area (Å²) in [4.78, 5) is 10.4. The maximum atomic E-state index is 10.4. The molecule has 1 fully saturated rings. The zero-order chi connectivity index (χ0) is 6.36. The molecule has 1 amide bonds. The van der Waals surface area contributed by atoms with Gasteiger partial charge in [-0.05, 0) is 5.41 Å². The fraction of sp³-hybridized carbons (Fsp3) is 0.833. The van der Waals surface area contributed by atoms with Crippen LogP contribution < -0.4 is 5.32 Å². The number of hydrogen-bond donors (Lipinski definition) is 1. The van der Waals surface area contributed by atoms with E-state index in [4.69, 9.17) is 0 Å². The van der Waals surface area contributed by atoms with Gasteiger partial charge in [-0.1, -0.05) is 20.8 Å². The van der Waals surface area contributed by atoms with E-state index in [1.165, 1.54) is 0 Å². The van der Waals surface area contributed by atoms with Crippen molar-refractivity contribution in [3.63, 3.8) is 0 Å². The predicted octanol–water partition coefficient (Wildman–Crippen LogP) is 0.531. The van der Waals surface area contributed by atoms with Crippen LogP contribution in [0.1, 0.15) is 20.8 Å². The molecule has 1 N–H and O–H groups in total. The summed E-state index contributed by atoms with van der Waals surface area (Å²) in [5.74, 6) is 0.192. The molecule has 2 nitrogen and oxygen atoms in total. The highest BCUT2D eigenvalue weighted by molar-refractivity contribution is 5.97.